The highest BCUT2D eigenvalue weighted by atomic mass is 19.3. The van der Waals surface area contributed by atoms with Gasteiger partial charge >= 0.3 is 0 Å². The van der Waals surface area contributed by atoms with Crippen LogP contribution in [0.3, 0.4) is 0 Å². The fourth-order valence-electron chi connectivity index (χ4n) is 1.71. The number of hydrogen-bond acceptors (Lipinski definition) is 4. The molecule has 2 aromatic rings. The van der Waals surface area contributed by atoms with Gasteiger partial charge in [-0.15, -0.1) is 0 Å². The molecule has 0 fully saturated rings. The lowest BCUT2D eigenvalue weighted by Gasteiger charge is -2.09. The lowest BCUT2D eigenvalue weighted by atomic mass is 10.1. The van der Waals surface area contributed by atoms with E-state index in [2.05, 4.69) is 10.4 Å². The molecule has 6 nitrogen and oxygen atoms in total. The van der Waals surface area contributed by atoms with Gasteiger partial charge in [0.15, 0.2) is 0 Å². The van der Waals surface area contributed by atoms with Crippen LogP contribution in [0.15, 0.2) is 30.6 Å². The van der Waals surface area contributed by atoms with Crippen molar-refractivity contribution in [1.82, 2.24) is 9.78 Å². The minimum Gasteiger partial charge on any atom is -0.353 e. The summed E-state index contributed by atoms with van der Waals surface area (Å²) < 4.78 is 27.6. The van der Waals surface area contributed by atoms with Gasteiger partial charge in [-0.2, -0.15) is 5.10 Å². The van der Waals surface area contributed by atoms with Crippen LogP contribution in [0.4, 0.5) is 25.8 Å². The third-order valence-electron chi connectivity index (χ3n) is 2.72. The van der Waals surface area contributed by atoms with E-state index in [0.717, 1.165) is 6.07 Å². The Bertz CT molecular complexity index is 628. The first-order chi connectivity index (χ1) is 9.51. The maximum Gasteiger partial charge on any atom is 0.270 e. The van der Waals surface area contributed by atoms with Crippen LogP contribution in [0.25, 0.3) is 0 Å². The van der Waals surface area contributed by atoms with Crippen molar-refractivity contribution in [1.29, 1.82) is 0 Å². The molecule has 0 aliphatic carbocycles. The van der Waals surface area contributed by atoms with Gasteiger partial charge in [0.2, 0.25) is 0 Å². The predicted molar refractivity (Wildman–Crippen MR) is 69.2 cm³/mol. The van der Waals surface area contributed by atoms with Gasteiger partial charge in [-0.1, -0.05) is 0 Å². The van der Waals surface area contributed by atoms with Crippen LogP contribution in [0.5, 0.6) is 0 Å². The predicted octanol–water partition coefficient (Wildman–Crippen LogP) is 3.49. The number of hydrogen-bond donors (Lipinski definition) is 1. The van der Waals surface area contributed by atoms with Crippen molar-refractivity contribution in [3.63, 3.8) is 0 Å². The molecule has 1 aromatic heterocycles. The van der Waals surface area contributed by atoms with E-state index in [1.165, 1.54) is 18.3 Å². The van der Waals surface area contributed by atoms with E-state index < -0.39 is 16.9 Å². The molecule has 8 heteroatoms. The van der Waals surface area contributed by atoms with Crippen molar-refractivity contribution >= 4 is 17.1 Å². The summed E-state index contributed by atoms with van der Waals surface area (Å²) in [5.74, 6) is 0. The van der Waals surface area contributed by atoms with Crippen LogP contribution in [-0.4, -0.2) is 14.7 Å². The summed E-state index contributed by atoms with van der Waals surface area (Å²) in [5, 5.41) is 17.4. The molecule has 0 aliphatic rings. The highest BCUT2D eigenvalue weighted by molar-refractivity contribution is 5.64. The van der Waals surface area contributed by atoms with Gasteiger partial charge in [0.05, 0.1) is 16.8 Å². The van der Waals surface area contributed by atoms with E-state index >= 15 is 0 Å². The normalized spacial score (nSPS) is 10.8. The quantitative estimate of drug-likeness (QED) is 0.673. The number of nitro groups is 1. The Morgan fingerprint density at radius 1 is 1.50 bits per heavy atom. The van der Waals surface area contributed by atoms with Gasteiger partial charge in [0, 0.05) is 36.1 Å². The lowest BCUT2D eigenvalue weighted by molar-refractivity contribution is -0.385. The Labute approximate surface area is 113 Å². The third-order valence-corrected chi connectivity index (χ3v) is 2.72. The largest absolute Gasteiger partial charge is 0.353 e. The molecule has 1 heterocycles. The van der Waals surface area contributed by atoms with Crippen molar-refractivity contribution in [3.8, 4) is 0 Å². The molecule has 0 bridgehead atoms. The number of alkyl halides is 2. The second-order valence-electron chi connectivity index (χ2n) is 4.04. The van der Waals surface area contributed by atoms with Crippen LogP contribution >= 0.6 is 0 Å². The Hall–Kier alpha value is -2.51. The molecule has 0 unspecified atom stereocenters. The third kappa shape index (κ3) is 2.90. The Morgan fingerprint density at radius 2 is 2.25 bits per heavy atom. The van der Waals surface area contributed by atoms with Crippen molar-refractivity contribution < 1.29 is 13.7 Å². The van der Waals surface area contributed by atoms with Crippen LogP contribution in [0, 0.1) is 10.1 Å². The highest BCUT2D eigenvalue weighted by Crippen LogP contribution is 2.32. The molecule has 2 rings (SSSR count). The minimum absolute atomic E-state index is 0.126. The van der Waals surface area contributed by atoms with Gasteiger partial charge < -0.3 is 5.32 Å². The van der Waals surface area contributed by atoms with Crippen LogP contribution in [0.2, 0.25) is 0 Å². The molecule has 0 amide bonds. The number of non-ortho nitro benzene ring substituents is 1. The highest BCUT2D eigenvalue weighted by Gasteiger charge is 2.18. The number of nitrogens with one attached hydrogen (secondary N) is 1. The first-order valence-electron chi connectivity index (χ1n) is 5.87. The molecule has 106 valence electrons. The molecule has 0 atom stereocenters. The molecule has 1 aromatic carbocycles. The van der Waals surface area contributed by atoms with Crippen LogP contribution in [-0.2, 0) is 6.54 Å². The monoisotopic (exact) mass is 282 g/mol. The summed E-state index contributed by atoms with van der Waals surface area (Å²) in [6.07, 6.45) is 0.357. The molecular formula is C12H12F2N4O2. The maximum atomic E-state index is 13.0. The Morgan fingerprint density at radius 3 is 2.80 bits per heavy atom. The van der Waals surface area contributed by atoms with Crippen LogP contribution < -0.4 is 5.32 Å². The first kappa shape index (κ1) is 13.9. The van der Waals surface area contributed by atoms with E-state index in [4.69, 9.17) is 0 Å². The first-order valence-corrected chi connectivity index (χ1v) is 5.87. The number of nitro benzene ring substituents is 1. The van der Waals surface area contributed by atoms with E-state index in [1.54, 1.807) is 10.9 Å². The van der Waals surface area contributed by atoms with E-state index in [9.17, 15) is 18.9 Å². The number of anilines is 2. The fraction of sp³-hybridized carbons (Fsp3) is 0.250. The fourth-order valence-corrected chi connectivity index (χ4v) is 1.71. The smallest absolute Gasteiger partial charge is 0.270 e. The van der Waals surface area contributed by atoms with E-state index in [0.29, 0.717) is 12.2 Å². The molecule has 0 aliphatic heterocycles. The van der Waals surface area contributed by atoms with Crippen molar-refractivity contribution in [2.24, 2.45) is 0 Å². The number of benzene rings is 1. The van der Waals surface area contributed by atoms with Crippen molar-refractivity contribution in [2.75, 3.05) is 5.32 Å². The van der Waals surface area contributed by atoms with Crippen molar-refractivity contribution in [2.45, 2.75) is 19.9 Å². The average molecular weight is 282 g/mol. The van der Waals surface area contributed by atoms with Gasteiger partial charge in [-0.05, 0) is 13.0 Å². The van der Waals surface area contributed by atoms with Crippen LogP contribution in [0.1, 0.15) is 18.9 Å². The topological polar surface area (TPSA) is 73.0 Å². The van der Waals surface area contributed by atoms with Gasteiger partial charge in [0.1, 0.15) is 0 Å². The summed E-state index contributed by atoms with van der Waals surface area (Å²) in [6, 6.07) is 3.32. The molecule has 20 heavy (non-hydrogen) atoms. The van der Waals surface area contributed by atoms with Crippen molar-refractivity contribution in [3.05, 3.63) is 46.3 Å². The molecule has 0 spiro atoms. The molecule has 0 radical (unpaired) electrons. The number of nitrogens with zero attached hydrogens (tertiary/aromatic N) is 3. The minimum atomic E-state index is -2.81. The SMILES string of the molecule is CCn1cc(Nc2ccc([N+](=O)[O-])cc2C(F)F)cn1. The van der Waals surface area contributed by atoms with E-state index in [1.807, 2.05) is 6.92 Å². The number of halogens is 2. The summed E-state index contributed by atoms with van der Waals surface area (Å²) in [6.45, 7) is 2.55. The zero-order valence-electron chi connectivity index (χ0n) is 10.6. The average Bonchev–Trinajstić information content (AvgIpc) is 2.86. The van der Waals surface area contributed by atoms with Gasteiger partial charge in [-0.3, -0.25) is 14.8 Å². The molecule has 0 saturated heterocycles. The number of aromatic nitrogens is 2. The summed E-state index contributed by atoms with van der Waals surface area (Å²) in [4.78, 5) is 9.91. The second kappa shape index (κ2) is 5.64. The summed E-state index contributed by atoms with van der Waals surface area (Å²) >= 11 is 0. The molecule has 1 N–H and O–H groups in total. The number of rotatable bonds is 5. The molecule has 0 saturated carbocycles. The Balaban J connectivity index is 2.33. The summed E-state index contributed by atoms with van der Waals surface area (Å²) in [7, 11) is 0. The lowest BCUT2D eigenvalue weighted by Crippen LogP contribution is -1.98. The van der Waals surface area contributed by atoms with Gasteiger partial charge in [-0.25, -0.2) is 8.78 Å². The summed E-state index contributed by atoms with van der Waals surface area (Å²) in [5.41, 5.74) is -0.109. The van der Waals surface area contributed by atoms with Gasteiger partial charge in [0.25, 0.3) is 12.1 Å². The Kier molecular flexibility index (Phi) is 3.92. The zero-order chi connectivity index (χ0) is 14.7. The standard InChI is InChI=1S/C12H12F2N4O2/c1-2-17-7-8(6-15-17)16-11-4-3-9(18(19)20)5-10(11)12(13)14/h3-7,12,16H,2H2,1H3. The second-order valence-corrected chi connectivity index (χ2v) is 4.04. The number of aryl methyl sites for hydroxylation is 1. The maximum absolute atomic E-state index is 13.0. The zero-order valence-corrected chi connectivity index (χ0v) is 10.6. The van der Waals surface area contributed by atoms with E-state index in [-0.39, 0.29) is 11.4 Å². The molecular weight excluding hydrogens is 270 g/mol.